The summed E-state index contributed by atoms with van der Waals surface area (Å²) in [6.07, 6.45) is 8.83. The van der Waals surface area contributed by atoms with Crippen LogP contribution in [0.2, 0.25) is 0 Å². The zero-order valence-electron chi connectivity index (χ0n) is 19.9. The van der Waals surface area contributed by atoms with Crippen LogP contribution in [0.3, 0.4) is 0 Å². The fourth-order valence-electron chi connectivity index (χ4n) is 4.00. The zero-order chi connectivity index (χ0) is 23.0. The van der Waals surface area contributed by atoms with Crippen molar-refractivity contribution in [1.29, 1.82) is 0 Å². The molecule has 0 spiro atoms. The third-order valence-electron chi connectivity index (χ3n) is 6.02. The molecule has 0 amide bonds. The third-order valence-corrected chi connectivity index (χ3v) is 6.02. The number of hydrogen-bond acceptors (Lipinski definition) is 4. The quantitative estimate of drug-likeness (QED) is 0.301. The van der Waals surface area contributed by atoms with Crippen molar-refractivity contribution in [2.24, 2.45) is 0 Å². The van der Waals surface area contributed by atoms with Crippen LogP contribution in [0.4, 0.5) is 0 Å². The maximum atomic E-state index is 11.7. The second-order valence-corrected chi connectivity index (χ2v) is 9.08. The molecule has 1 aromatic heterocycles. The van der Waals surface area contributed by atoms with Crippen molar-refractivity contribution in [2.45, 2.75) is 78.1 Å². The summed E-state index contributed by atoms with van der Waals surface area (Å²) in [4.78, 5) is 16.1. The van der Waals surface area contributed by atoms with Crippen molar-refractivity contribution >= 4 is 5.97 Å². The molecule has 0 unspecified atom stereocenters. The van der Waals surface area contributed by atoms with Gasteiger partial charge in [-0.2, -0.15) is 0 Å². The van der Waals surface area contributed by atoms with E-state index >= 15 is 0 Å². The Morgan fingerprint density at radius 3 is 2.72 bits per heavy atom. The molecule has 0 radical (unpaired) electrons. The van der Waals surface area contributed by atoms with Gasteiger partial charge in [-0.25, -0.2) is 4.98 Å². The number of nitrogens with zero attached hydrogens (tertiary/aromatic N) is 1. The number of ether oxygens (including phenoxy) is 2. The number of rotatable bonds is 8. The summed E-state index contributed by atoms with van der Waals surface area (Å²) in [5, 5.41) is 0. The van der Waals surface area contributed by atoms with E-state index in [4.69, 9.17) is 9.47 Å². The average molecular weight is 434 g/mol. The van der Waals surface area contributed by atoms with Crippen LogP contribution in [0.25, 0.3) is 0 Å². The molecule has 1 aliphatic rings. The van der Waals surface area contributed by atoms with Gasteiger partial charge in [-0.05, 0) is 66.8 Å². The van der Waals surface area contributed by atoms with Gasteiger partial charge in [0, 0.05) is 17.3 Å². The molecule has 4 nitrogen and oxygen atoms in total. The summed E-state index contributed by atoms with van der Waals surface area (Å²) in [7, 11) is 0. The molecule has 0 atom stereocenters. The molecule has 4 heteroatoms. The van der Waals surface area contributed by atoms with Crippen molar-refractivity contribution in [3.8, 4) is 17.6 Å². The van der Waals surface area contributed by atoms with E-state index in [9.17, 15) is 4.79 Å². The highest BCUT2D eigenvalue weighted by molar-refractivity contribution is 5.72. The molecular weight excluding hydrogens is 398 g/mol. The molecule has 2 aromatic rings. The van der Waals surface area contributed by atoms with Crippen molar-refractivity contribution in [2.75, 3.05) is 13.2 Å². The molecule has 3 rings (SSSR count). The first-order valence-corrected chi connectivity index (χ1v) is 11.9. The van der Waals surface area contributed by atoms with Crippen molar-refractivity contribution < 1.29 is 14.3 Å². The molecule has 1 aromatic carbocycles. The van der Waals surface area contributed by atoms with Crippen LogP contribution >= 0.6 is 0 Å². The standard InChI is InChI=1S/C28H35NO3/c1-5-7-8-9-10-22-19-26-25(28(3,4)15-16-32-26)18-23(22)12-14-24-13-11-21(20-29-24)17-27(30)31-6-2/h11,13,18-20H,5-10,15-17H2,1-4H3. The molecule has 0 saturated heterocycles. The Labute approximate surface area is 192 Å². The summed E-state index contributed by atoms with van der Waals surface area (Å²) in [6.45, 7) is 9.74. The summed E-state index contributed by atoms with van der Waals surface area (Å²) in [6, 6.07) is 8.20. The number of hydrogen-bond donors (Lipinski definition) is 0. The van der Waals surface area contributed by atoms with Gasteiger partial charge < -0.3 is 9.47 Å². The molecular formula is C28H35NO3. The van der Waals surface area contributed by atoms with E-state index < -0.39 is 0 Å². The van der Waals surface area contributed by atoms with Crippen LogP contribution in [-0.2, 0) is 27.8 Å². The van der Waals surface area contributed by atoms with Crippen molar-refractivity contribution in [1.82, 2.24) is 4.98 Å². The van der Waals surface area contributed by atoms with E-state index in [-0.39, 0.29) is 17.8 Å². The van der Waals surface area contributed by atoms with Crippen LogP contribution in [0.15, 0.2) is 30.5 Å². The number of pyridine rings is 1. The molecule has 32 heavy (non-hydrogen) atoms. The molecule has 0 saturated carbocycles. The summed E-state index contributed by atoms with van der Waals surface area (Å²) in [5.41, 5.74) is 5.17. The fourth-order valence-corrected chi connectivity index (χ4v) is 4.00. The first-order valence-electron chi connectivity index (χ1n) is 11.9. The minimum absolute atomic E-state index is 0.0811. The van der Waals surface area contributed by atoms with Gasteiger partial charge in [0.05, 0.1) is 19.6 Å². The van der Waals surface area contributed by atoms with Crippen LogP contribution < -0.4 is 4.74 Å². The first-order chi connectivity index (χ1) is 15.4. The minimum atomic E-state index is -0.236. The van der Waals surface area contributed by atoms with Crippen molar-refractivity contribution in [3.05, 3.63) is 58.4 Å². The van der Waals surface area contributed by atoms with E-state index in [1.165, 1.54) is 30.4 Å². The number of fused-ring (bicyclic) bond motifs is 1. The van der Waals surface area contributed by atoms with Gasteiger partial charge in [-0.1, -0.05) is 52.0 Å². The largest absolute Gasteiger partial charge is 0.493 e. The highest BCUT2D eigenvalue weighted by atomic mass is 16.5. The van der Waals surface area contributed by atoms with E-state index in [0.717, 1.165) is 42.7 Å². The SMILES string of the molecule is CCCCCCc1cc2c(cc1C#Cc1ccc(CC(=O)OCC)cn1)C(C)(C)CCO2. The molecule has 2 heterocycles. The Hall–Kier alpha value is -2.80. The number of carbonyl (C=O) groups excluding carboxylic acids is 1. The maximum Gasteiger partial charge on any atom is 0.310 e. The number of aromatic nitrogens is 1. The average Bonchev–Trinajstić information content (AvgIpc) is 2.76. The molecule has 0 N–H and O–H groups in total. The highest BCUT2D eigenvalue weighted by Gasteiger charge is 2.29. The minimum Gasteiger partial charge on any atom is -0.493 e. The molecule has 0 aliphatic carbocycles. The van der Waals surface area contributed by atoms with Crippen LogP contribution in [-0.4, -0.2) is 24.2 Å². The number of carbonyl (C=O) groups is 1. The molecule has 0 bridgehead atoms. The van der Waals surface area contributed by atoms with Gasteiger partial charge in [0.25, 0.3) is 0 Å². The predicted molar refractivity (Wildman–Crippen MR) is 128 cm³/mol. The third kappa shape index (κ3) is 6.36. The first kappa shape index (κ1) is 23.9. The highest BCUT2D eigenvalue weighted by Crippen LogP contribution is 2.40. The summed E-state index contributed by atoms with van der Waals surface area (Å²) >= 11 is 0. The number of aryl methyl sites for hydroxylation is 1. The van der Waals surface area contributed by atoms with E-state index in [1.807, 2.05) is 12.1 Å². The number of esters is 1. The Bertz CT molecular complexity index is 980. The van der Waals surface area contributed by atoms with Gasteiger partial charge >= 0.3 is 5.97 Å². The zero-order valence-corrected chi connectivity index (χ0v) is 19.9. The predicted octanol–water partition coefficient (Wildman–Crippen LogP) is 5.77. The van der Waals surface area contributed by atoms with Gasteiger partial charge in [0.15, 0.2) is 0 Å². The van der Waals surface area contributed by atoms with Crippen LogP contribution in [0.1, 0.15) is 87.7 Å². The second-order valence-electron chi connectivity index (χ2n) is 9.08. The topological polar surface area (TPSA) is 48.4 Å². The lowest BCUT2D eigenvalue weighted by molar-refractivity contribution is -0.142. The number of benzene rings is 1. The number of unbranched alkanes of at least 4 members (excludes halogenated alkanes) is 3. The summed E-state index contributed by atoms with van der Waals surface area (Å²) in [5.74, 6) is 7.38. The normalized spacial score (nSPS) is 14.0. The Morgan fingerprint density at radius 1 is 1.16 bits per heavy atom. The second kappa shape index (κ2) is 11.2. The maximum absolute atomic E-state index is 11.7. The van der Waals surface area contributed by atoms with Gasteiger partial charge in [0.2, 0.25) is 0 Å². The fraction of sp³-hybridized carbons (Fsp3) is 0.500. The lowest BCUT2D eigenvalue weighted by Gasteiger charge is -2.33. The Kier molecular flexibility index (Phi) is 8.33. The van der Waals surface area contributed by atoms with Gasteiger partial charge in [-0.15, -0.1) is 0 Å². The smallest absolute Gasteiger partial charge is 0.310 e. The lowest BCUT2D eigenvalue weighted by atomic mass is 9.78. The van der Waals surface area contributed by atoms with Gasteiger partial charge in [0.1, 0.15) is 11.4 Å². The van der Waals surface area contributed by atoms with E-state index in [1.54, 1.807) is 13.1 Å². The summed E-state index contributed by atoms with van der Waals surface area (Å²) < 4.78 is 11.0. The Morgan fingerprint density at radius 2 is 2.00 bits per heavy atom. The Balaban J connectivity index is 1.84. The molecule has 170 valence electrons. The van der Waals surface area contributed by atoms with Crippen LogP contribution in [0.5, 0.6) is 5.75 Å². The van der Waals surface area contributed by atoms with Gasteiger partial charge in [-0.3, -0.25) is 4.79 Å². The van der Waals surface area contributed by atoms with E-state index in [0.29, 0.717) is 12.3 Å². The molecule has 0 fully saturated rings. The lowest BCUT2D eigenvalue weighted by Crippen LogP contribution is -2.27. The monoisotopic (exact) mass is 433 g/mol. The van der Waals surface area contributed by atoms with Crippen molar-refractivity contribution in [3.63, 3.8) is 0 Å². The van der Waals surface area contributed by atoms with Crippen LogP contribution in [0, 0.1) is 11.8 Å². The molecule has 1 aliphatic heterocycles. The van der Waals surface area contributed by atoms with E-state index in [2.05, 4.69) is 49.7 Å².